The van der Waals surface area contributed by atoms with Gasteiger partial charge in [-0.25, -0.2) is 12.8 Å². The molecule has 1 aromatic heterocycles. The molecule has 1 fully saturated rings. The van der Waals surface area contributed by atoms with E-state index < -0.39 is 15.8 Å². The lowest BCUT2D eigenvalue weighted by Crippen LogP contribution is -2.48. The van der Waals surface area contributed by atoms with E-state index in [1.807, 2.05) is 30.3 Å². The molecule has 0 amide bonds. The highest BCUT2D eigenvalue weighted by molar-refractivity contribution is 7.89. The smallest absolute Gasteiger partial charge is 0.243 e. The van der Waals surface area contributed by atoms with Gasteiger partial charge in [0.2, 0.25) is 10.0 Å². The van der Waals surface area contributed by atoms with E-state index in [1.54, 1.807) is 7.11 Å². The van der Waals surface area contributed by atoms with Crippen LogP contribution in [0.25, 0.3) is 11.3 Å². The number of ether oxygens (including phenoxy) is 1. The van der Waals surface area contributed by atoms with Crippen LogP contribution in [0.15, 0.2) is 64.0 Å². The van der Waals surface area contributed by atoms with Gasteiger partial charge in [0.05, 0.1) is 18.6 Å². The number of aromatic nitrogens is 1. The van der Waals surface area contributed by atoms with Crippen molar-refractivity contribution in [2.75, 3.05) is 33.3 Å². The van der Waals surface area contributed by atoms with Gasteiger partial charge in [-0.15, -0.1) is 0 Å². The van der Waals surface area contributed by atoms with Gasteiger partial charge >= 0.3 is 0 Å². The maximum Gasteiger partial charge on any atom is 0.243 e. The molecule has 2 aromatic carbocycles. The van der Waals surface area contributed by atoms with Crippen LogP contribution in [0.2, 0.25) is 0 Å². The van der Waals surface area contributed by atoms with Gasteiger partial charge < -0.3 is 9.26 Å². The Kier molecular flexibility index (Phi) is 5.85. The number of rotatable bonds is 6. The molecule has 2 heterocycles. The second-order valence-electron chi connectivity index (χ2n) is 7.04. The predicted octanol–water partition coefficient (Wildman–Crippen LogP) is 3.00. The van der Waals surface area contributed by atoms with E-state index >= 15 is 0 Å². The van der Waals surface area contributed by atoms with Crippen LogP contribution in [-0.4, -0.2) is 56.1 Å². The average Bonchev–Trinajstić information content (AvgIpc) is 3.22. The van der Waals surface area contributed by atoms with Crippen molar-refractivity contribution < 1.29 is 22.1 Å². The number of hydrogen-bond donors (Lipinski definition) is 0. The van der Waals surface area contributed by atoms with Crippen LogP contribution >= 0.6 is 0 Å². The maximum atomic E-state index is 13.4. The minimum atomic E-state index is -3.70. The van der Waals surface area contributed by atoms with Crippen molar-refractivity contribution in [1.82, 2.24) is 14.4 Å². The van der Waals surface area contributed by atoms with E-state index in [0.29, 0.717) is 38.5 Å². The van der Waals surface area contributed by atoms with Crippen LogP contribution in [0, 0.1) is 5.82 Å². The van der Waals surface area contributed by atoms with Crippen molar-refractivity contribution in [3.05, 3.63) is 66.2 Å². The first kappa shape index (κ1) is 20.5. The molecule has 1 aliphatic heterocycles. The number of piperazine rings is 1. The van der Waals surface area contributed by atoms with Crippen molar-refractivity contribution >= 4 is 10.0 Å². The zero-order valence-corrected chi connectivity index (χ0v) is 17.3. The van der Waals surface area contributed by atoms with Crippen molar-refractivity contribution in [1.29, 1.82) is 0 Å². The van der Waals surface area contributed by atoms with E-state index in [-0.39, 0.29) is 4.90 Å². The molecule has 0 bridgehead atoms. The van der Waals surface area contributed by atoms with Crippen molar-refractivity contribution in [2.24, 2.45) is 0 Å². The second kappa shape index (κ2) is 8.55. The second-order valence-corrected chi connectivity index (χ2v) is 8.98. The maximum absolute atomic E-state index is 13.4. The number of benzene rings is 2. The summed E-state index contributed by atoms with van der Waals surface area (Å²) in [6.45, 7) is 2.30. The molecule has 0 aliphatic carbocycles. The summed E-state index contributed by atoms with van der Waals surface area (Å²) < 4.78 is 50.9. The Hall–Kier alpha value is -2.75. The molecule has 1 aliphatic rings. The van der Waals surface area contributed by atoms with Crippen molar-refractivity contribution in [2.45, 2.75) is 11.4 Å². The van der Waals surface area contributed by atoms with Gasteiger partial charge in [-0.1, -0.05) is 11.2 Å². The number of methoxy groups -OCH3 is 1. The lowest BCUT2D eigenvalue weighted by atomic mass is 10.1. The molecule has 0 atom stereocenters. The molecule has 4 rings (SSSR count). The molecule has 0 N–H and O–H groups in total. The topological polar surface area (TPSA) is 75.9 Å². The van der Waals surface area contributed by atoms with Gasteiger partial charge in [0.15, 0.2) is 5.76 Å². The van der Waals surface area contributed by atoms with Crippen molar-refractivity contribution in [3.63, 3.8) is 0 Å². The molecular weight excluding hydrogens is 409 g/mol. The van der Waals surface area contributed by atoms with Gasteiger partial charge in [-0.3, -0.25) is 4.90 Å². The zero-order chi connectivity index (χ0) is 21.1. The van der Waals surface area contributed by atoms with Gasteiger partial charge in [0.25, 0.3) is 0 Å². The van der Waals surface area contributed by atoms with E-state index in [2.05, 4.69) is 10.1 Å². The van der Waals surface area contributed by atoms with Gasteiger partial charge in [-0.05, 0) is 42.5 Å². The predicted molar refractivity (Wildman–Crippen MR) is 109 cm³/mol. The molecule has 0 unspecified atom stereocenters. The van der Waals surface area contributed by atoms with Crippen LogP contribution in [0.4, 0.5) is 4.39 Å². The molecule has 158 valence electrons. The lowest BCUT2D eigenvalue weighted by Gasteiger charge is -2.33. The quantitative estimate of drug-likeness (QED) is 0.597. The SMILES string of the molecule is COc1ccc(-c2cc(CN3CCN(S(=O)(=O)c4cccc(F)c4)CC3)on2)cc1. The number of sulfonamides is 1. The largest absolute Gasteiger partial charge is 0.497 e. The van der Waals surface area contributed by atoms with E-state index in [9.17, 15) is 12.8 Å². The van der Waals surface area contributed by atoms with Gasteiger partial charge in [0.1, 0.15) is 17.3 Å². The fourth-order valence-corrected chi connectivity index (χ4v) is 4.86. The molecule has 0 spiro atoms. The molecule has 0 radical (unpaired) electrons. The summed E-state index contributed by atoms with van der Waals surface area (Å²) in [6.07, 6.45) is 0. The average molecular weight is 431 g/mol. The van der Waals surface area contributed by atoms with Gasteiger partial charge in [-0.2, -0.15) is 4.31 Å². The minimum Gasteiger partial charge on any atom is -0.497 e. The third-order valence-corrected chi connectivity index (χ3v) is 6.98. The summed E-state index contributed by atoms with van der Waals surface area (Å²) in [5.74, 6) is 0.920. The highest BCUT2D eigenvalue weighted by atomic mass is 32.2. The summed E-state index contributed by atoms with van der Waals surface area (Å²) in [4.78, 5) is 2.09. The first-order valence-corrected chi connectivity index (χ1v) is 11.0. The Bertz CT molecular complexity index is 1110. The molecule has 1 saturated heterocycles. The van der Waals surface area contributed by atoms with E-state index in [0.717, 1.165) is 23.1 Å². The summed E-state index contributed by atoms with van der Waals surface area (Å²) in [6, 6.07) is 14.5. The number of halogens is 1. The summed E-state index contributed by atoms with van der Waals surface area (Å²) >= 11 is 0. The van der Waals surface area contributed by atoms with Gasteiger partial charge in [0, 0.05) is 37.8 Å². The molecule has 0 saturated carbocycles. The summed E-state index contributed by atoms with van der Waals surface area (Å²) in [7, 11) is -2.08. The summed E-state index contributed by atoms with van der Waals surface area (Å²) in [5.41, 5.74) is 1.66. The Balaban J connectivity index is 1.36. The Labute approximate surface area is 174 Å². The number of nitrogens with zero attached hydrogens (tertiary/aromatic N) is 3. The molecule has 7 nitrogen and oxygen atoms in total. The highest BCUT2D eigenvalue weighted by Gasteiger charge is 2.29. The first-order valence-electron chi connectivity index (χ1n) is 9.54. The molecule has 9 heteroatoms. The standard InChI is InChI=1S/C21H22FN3O4S/c1-28-18-7-5-16(6-8-18)21-14-19(29-23-21)15-24-9-11-25(12-10-24)30(26,27)20-4-2-3-17(22)13-20/h2-8,13-14H,9-12,15H2,1H3. The van der Waals surface area contributed by atoms with Crippen LogP contribution in [-0.2, 0) is 16.6 Å². The lowest BCUT2D eigenvalue weighted by molar-refractivity contribution is 0.166. The Morgan fingerprint density at radius 1 is 1.07 bits per heavy atom. The minimum absolute atomic E-state index is 0.0182. The third kappa shape index (κ3) is 4.38. The third-order valence-electron chi connectivity index (χ3n) is 5.09. The van der Waals surface area contributed by atoms with Crippen LogP contribution in [0.1, 0.15) is 5.76 Å². The van der Waals surface area contributed by atoms with Crippen molar-refractivity contribution in [3.8, 4) is 17.0 Å². The first-order chi connectivity index (χ1) is 14.5. The number of hydrogen-bond acceptors (Lipinski definition) is 6. The Morgan fingerprint density at radius 3 is 2.47 bits per heavy atom. The molecule has 30 heavy (non-hydrogen) atoms. The fraction of sp³-hybridized carbons (Fsp3) is 0.286. The highest BCUT2D eigenvalue weighted by Crippen LogP contribution is 2.23. The Morgan fingerprint density at radius 2 is 1.80 bits per heavy atom. The van der Waals surface area contributed by atoms with Crippen LogP contribution in [0.5, 0.6) is 5.75 Å². The monoisotopic (exact) mass is 431 g/mol. The zero-order valence-electron chi connectivity index (χ0n) is 16.5. The normalized spacial score (nSPS) is 15.9. The van der Waals surface area contributed by atoms with Crippen LogP contribution < -0.4 is 4.74 Å². The van der Waals surface area contributed by atoms with E-state index in [1.165, 1.54) is 22.5 Å². The fourth-order valence-electron chi connectivity index (χ4n) is 3.41. The summed E-state index contributed by atoms with van der Waals surface area (Å²) in [5, 5.41) is 4.13. The molecule has 3 aromatic rings. The van der Waals surface area contributed by atoms with E-state index in [4.69, 9.17) is 9.26 Å². The molecular formula is C21H22FN3O4S. The van der Waals surface area contributed by atoms with Crippen LogP contribution in [0.3, 0.4) is 0 Å².